The minimum absolute atomic E-state index is 0.0148. The fourth-order valence-corrected chi connectivity index (χ4v) is 3.51. The van der Waals surface area contributed by atoms with Crippen LogP contribution in [-0.2, 0) is 57.1 Å². The molecule has 16 heteroatoms. The Labute approximate surface area is 256 Å². The van der Waals surface area contributed by atoms with Gasteiger partial charge in [-0.3, -0.25) is 24.1 Å². The highest BCUT2D eigenvalue weighted by Gasteiger charge is 2.23. The van der Waals surface area contributed by atoms with Crippen molar-refractivity contribution in [3.63, 3.8) is 0 Å². The highest BCUT2D eigenvalue weighted by molar-refractivity contribution is 8.74. The van der Waals surface area contributed by atoms with Crippen LogP contribution < -0.4 is 5.32 Å². The summed E-state index contributed by atoms with van der Waals surface area (Å²) in [7, 11) is 0.903. The summed E-state index contributed by atoms with van der Waals surface area (Å²) in [6.07, 6.45) is 2.78. The summed E-state index contributed by atoms with van der Waals surface area (Å²) in [4.78, 5) is 46.6. The third-order valence-corrected chi connectivity index (χ3v) is 6.21. The molecule has 0 bridgehead atoms. The number of hydrogen-bond donors (Lipinski definition) is 2. The summed E-state index contributed by atoms with van der Waals surface area (Å²) < 4.78 is 43.1. The van der Waals surface area contributed by atoms with Crippen LogP contribution in [0, 0.1) is 0 Å². The van der Waals surface area contributed by atoms with Gasteiger partial charge in [0.05, 0.1) is 106 Å². The molecule has 1 rings (SSSR count). The molecule has 1 heterocycles. The van der Waals surface area contributed by atoms with Crippen LogP contribution in [0.25, 0.3) is 0 Å². The molecule has 0 aliphatic carbocycles. The number of rotatable bonds is 30. The first-order valence-electron chi connectivity index (χ1n) is 13.8. The van der Waals surface area contributed by atoms with E-state index in [4.69, 9.17) is 37.9 Å². The van der Waals surface area contributed by atoms with Crippen molar-refractivity contribution >= 4 is 45.3 Å². The van der Waals surface area contributed by atoms with E-state index in [0.29, 0.717) is 119 Å². The van der Waals surface area contributed by atoms with E-state index in [1.54, 1.807) is 0 Å². The van der Waals surface area contributed by atoms with Crippen molar-refractivity contribution in [2.24, 2.45) is 0 Å². The van der Waals surface area contributed by atoms with Gasteiger partial charge < -0.3 is 43.2 Å². The zero-order chi connectivity index (χ0) is 30.5. The Kier molecular flexibility index (Phi) is 25.8. The van der Waals surface area contributed by atoms with Gasteiger partial charge in [-0.15, -0.1) is 11.7 Å². The Bertz CT molecular complexity index is 758. The molecule has 0 unspecified atom stereocenters. The lowest BCUT2D eigenvalue weighted by Gasteiger charge is -2.13. The quantitative estimate of drug-likeness (QED) is 0.0470. The molecule has 242 valence electrons. The predicted octanol–water partition coefficient (Wildman–Crippen LogP) is 0.0452. The maximum atomic E-state index is 11.8. The van der Waals surface area contributed by atoms with Gasteiger partial charge in [-0.1, -0.05) is 0 Å². The van der Waals surface area contributed by atoms with Crippen molar-refractivity contribution < 1.29 is 57.1 Å². The van der Waals surface area contributed by atoms with Crippen molar-refractivity contribution in [1.82, 2.24) is 10.2 Å². The monoisotopic (exact) mass is 640 g/mol. The molecule has 0 fully saturated rings. The zero-order valence-electron chi connectivity index (χ0n) is 24.0. The van der Waals surface area contributed by atoms with Crippen LogP contribution in [0.5, 0.6) is 0 Å². The third kappa shape index (κ3) is 22.9. The van der Waals surface area contributed by atoms with Crippen molar-refractivity contribution in [2.75, 3.05) is 119 Å². The maximum Gasteiger partial charge on any atom is 0.253 e. The molecule has 0 saturated heterocycles. The average Bonchev–Trinajstić information content (AvgIpc) is 3.31. The molecule has 0 aromatic rings. The molecule has 0 saturated carbocycles. The lowest BCUT2D eigenvalue weighted by Crippen LogP contribution is -2.35. The molecule has 0 atom stereocenters. The molecular formula is C26H44N2O12S2. The summed E-state index contributed by atoms with van der Waals surface area (Å²) in [5.41, 5.74) is 0. The smallest absolute Gasteiger partial charge is 0.253 e. The predicted molar refractivity (Wildman–Crippen MR) is 156 cm³/mol. The van der Waals surface area contributed by atoms with E-state index in [0.717, 1.165) is 15.7 Å². The topological polar surface area (TPSA) is 157 Å². The van der Waals surface area contributed by atoms with Gasteiger partial charge in [-0.2, -0.15) is 0 Å². The number of hydrogen-bond acceptors (Lipinski definition) is 14. The van der Waals surface area contributed by atoms with Crippen molar-refractivity contribution in [1.29, 1.82) is 0 Å². The van der Waals surface area contributed by atoms with Crippen LogP contribution in [0.3, 0.4) is 0 Å². The van der Waals surface area contributed by atoms with Crippen molar-refractivity contribution in [2.45, 2.75) is 12.8 Å². The molecule has 0 spiro atoms. The molecule has 0 radical (unpaired) electrons. The highest BCUT2D eigenvalue weighted by atomic mass is 33.1. The minimum atomic E-state index is -0.398. The Hall–Kier alpha value is -1.60. The lowest BCUT2D eigenvalue weighted by atomic mass is 10.3. The Morgan fingerprint density at radius 2 is 0.952 bits per heavy atom. The number of amides is 3. The zero-order valence-corrected chi connectivity index (χ0v) is 25.7. The highest BCUT2D eigenvalue weighted by Crippen LogP contribution is 2.08. The fourth-order valence-electron chi connectivity index (χ4n) is 3.06. The molecule has 42 heavy (non-hydrogen) atoms. The fraction of sp³-hybridized carbons (Fsp3) is 0.769. The molecule has 3 amide bonds. The average molecular weight is 641 g/mol. The van der Waals surface area contributed by atoms with E-state index in [9.17, 15) is 19.2 Å². The molecule has 1 aliphatic heterocycles. The number of nitrogens with zero attached hydrogens (tertiary/aromatic N) is 1. The van der Waals surface area contributed by atoms with Gasteiger partial charge in [-0.05, 0) is 10.8 Å². The second-order valence-corrected chi connectivity index (χ2v) is 9.56. The first kappa shape index (κ1) is 38.4. The standard InChI is InChI=1S/C26H44N2O12S2/c29-23(3-6-28-24(30)1-2-25(28)31)27-5-8-34-10-12-36-14-16-38-18-20-40-22-21-39-19-17-37-15-13-35-11-9-33-7-4-26(32)42-41/h1-2,41H,3-22H2,(H,27,29). The van der Waals surface area contributed by atoms with Crippen LogP contribution >= 0.6 is 22.5 Å². The van der Waals surface area contributed by atoms with Gasteiger partial charge in [0.15, 0.2) is 0 Å². The molecule has 0 aromatic heterocycles. The van der Waals surface area contributed by atoms with Gasteiger partial charge in [0.25, 0.3) is 11.8 Å². The van der Waals surface area contributed by atoms with Gasteiger partial charge in [0, 0.05) is 38.1 Å². The van der Waals surface area contributed by atoms with Crippen LogP contribution in [0.15, 0.2) is 12.2 Å². The maximum absolute atomic E-state index is 11.8. The van der Waals surface area contributed by atoms with Crippen molar-refractivity contribution in [3.05, 3.63) is 12.2 Å². The molecule has 1 N–H and O–H groups in total. The Morgan fingerprint density at radius 3 is 1.33 bits per heavy atom. The summed E-state index contributed by atoms with van der Waals surface area (Å²) in [5, 5.41) is 2.66. The summed E-state index contributed by atoms with van der Waals surface area (Å²) >= 11 is 3.82. The van der Waals surface area contributed by atoms with Gasteiger partial charge in [-0.25, -0.2) is 0 Å². The second-order valence-electron chi connectivity index (χ2n) is 8.37. The summed E-state index contributed by atoms with van der Waals surface area (Å²) in [6.45, 7) is 7.38. The molecule has 0 aromatic carbocycles. The largest absolute Gasteiger partial charge is 0.379 e. The molecule has 1 aliphatic rings. The second kappa shape index (κ2) is 28.2. The number of imide groups is 1. The SMILES string of the molecule is O=C(CCN1C(=O)C=CC1=O)NCCOCCOCCOCCOCCOCCOCCOCCOCCC(=O)SS. The van der Waals surface area contributed by atoms with E-state index in [1.165, 1.54) is 12.2 Å². The summed E-state index contributed by atoms with van der Waals surface area (Å²) in [5.74, 6) is -1.05. The number of nitrogens with one attached hydrogen (secondary N) is 1. The van der Waals surface area contributed by atoms with Crippen LogP contribution in [0.2, 0.25) is 0 Å². The number of ether oxygens (including phenoxy) is 8. The third-order valence-electron chi connectivity index (χ3n) is 5.19. The van der Waals surface area contributed by atoms with E-state index < -0.39 is 11.8 Å². The van der Waals surface area contributed by atoms with E-state index >= 15 is 0 Å². The van der Waals surface area contributed by atoms with Gasteiger partial charge in [0.1, 0.15) is 0 Å². The van der Waals surface area contributed by atoms with Crippen molar-refractivity contribution in [3.8, 4) is 0 Å². The molecule has 14 nitrogen and oxygen atoms in total. The van der Waals surface area contributed by atoms with Crippen LogP contribution in [-0.4, -0.2) is 147 Å². The first-order valence-corrected chi connectivity index (χ1v) is 15.7. The Balaban J connectivity index is 1.68. The Morgan fingerprint density at radius 1 is 0.595 bits per heavy atom. The number of carbonyl (C=O) groups excluding carboxylic acids is 4. The van der Waals surface area contributed by atoms with Gasteiger partial charge in [0.2, 0.25) is 11.0 Å². The normalized spacial score (nSPS) is 12.9. The summed E-state index contributed by atoms with van der Waals surface area (Å²) in [6, 6.07) is 0. The minimum Gasteiger partial charge on any atom is -0.379 e. The van der Waals surface area contributed by atoms with E-state index in [-0.39, 0.29) is 24.0 Å². The van der Waals surface area contributed by atoms with Crippen LogP contribution in [0.1, 0.15) is 12.8 Å². The number of thiol groups is 1. The first-order chi connectivity index (χ1) is 20.5. The van der Waals surface area contributed by atoms with E-state index in [1.807, 2.05) is 0 Å². The lowest BCUT2D eigenvalue weighted by molar-refractivity contribution is -0.137. The van der Waals surface area contributed by atoms with E-state index in [2.05, 4.69) is 17.0 Å². The number of carbonyl (C=O) groups is 4. The molecular weight excluding hydrogens is 596 g/mol. The van der Waals surface area contributed by atoms with Gasteiger partial charge >= 0.3 is 0 Å². The van der Waals surface area contributed by atoms with Crippen LogP contribution in [0.4, 0.5) is 0 Å².